The van der Waals surface area contributed by atoms with Crippen LogP contribution in [-0.2, 0) is 29.0 Å². The van der Waals surface area contributed by atoms with Crippen LogP contribution in [0.2, 0.25) is 0 Å². The summed E-state index contributed by atoms with van der Waals surface area (Å²) in [6, 6.07) is 0. The first kappa shape index (κ1) is 17.6. The van der Waals surface area contributed by atoms with E-state index in [0.717, 1.165) is 6.42 Å². The van der Waals surface area contributed by atoms with Crippen LogP contribution >= 0.6 is 0 Å². The van der Waals surface area contributed by atoms with Gasteiger partial charge in [0.25, 0.3) is 0 Å². The summed E-state index contributed by atoms with van der Waals surface area (Å²) in [5.74, 6) is -0.576. The van der Waals surface area contributed by atoms with Gasteiger partial charge in [0.05, 0.1) is 12.7 Å². The summed E-state index contributed by atoms with van der Waals surface area (Å²) in [6.07, 6.45) is 1.43. The van der Waals surface area contributed by atoms with Crippen LogP contribution in [-0.4, -0.2) is 44.2 Å². The first-order chi connectivity index (χ1) is 11.5. The van der Waals surface area contributed by atoms with E-state index in [1.807, 2.05) is 13.8 Å². The summed E-state index contributed by atoms with van der Waals surface area (Å²) in [7, 11) is 1.31. The van der Waals surface area contributed by atoms with E-state index in [1.165, 1.54) is 7.11 Å². The Kier molecular flexibility index (Phi) is 5.67. The molecule has 1 N–H and O–H groups in total. The van der Waals surface area contributed by atoms with Crippen LogP contribution in [0.25, 0.3) is 0 Å². The molecule has 2 aromatic rings. The molecule has 0 radical (unpaired) electrons. The van der Waals surface area contributed by atoms with Crippen molar-refractivity contribution in [1.29, 1.82) is 0 Å². The molecule has 130 valence electrons. The van der Waals surface area contributed by atoms with Crippen molar-refractivity contribution < 1.29 is 19.1 Å². The second-order valence-electron chi connectivity index (χ2n) is 5.22. The lowest BCUT2D eigenvalue weighted by Gasteiger charge is -2.05. The summed E-state index contributed by atoms with van der Waals surface area (Å²) in [5, 5.41) is 11.3. The van der Waals surface area contributed by atoms with E-state index in [0.29, 0.717) is 35.6 Å². The number of tetrazole rings is 1. The van der Waals surface area contributed by atoms with Crippen molar-refractivity contribution in [2.24, 2.45) is 0 Å². The number of hydrogen-bond acceptors (Lipinski definition) is 7. The largest absolute Gasteiger partial charge is 0.465 e. The maximum absolute atomic E-state index is 12.3. The molecule has 0 spiro atoms. The van der Waals surface area contributed by atoms with Gasteiger partial charge in [0, 0.05) is 12.2 Å². The third-order valence-corrected chi connectivity index (χ3v) is 3.65. The topological polar surface area (TPSA) is 112 Å². The summed E-state index contributed by atoms with van der Waals surface area (Å²) in [4.78, 5) is 27.2. The Morgan fingerprint density at radius 2 is 2.00 bits per heavy atom. The maximum Gasteiger partial charge on any atom is 0.355 e. The minimum atomic E-state index is -0.566. The van der Waals surface area contributed by atoms with E-state index in [-0.39, 0.29) is 12.3 Å². The van der Waals surface area contributed by atoms with Gasteiger partial charge in [0.15, 0.2) is 12.4 Å². The molecule has 0 amide bonds. The Hall–Kier alpha value is -2.71. The number of rotatable bonds is 7. The van der Waals surface area contributed by atoms with Crippen LogP contribution in [0.15, 0.2) is 0 Å². The molecule has 0 aliphatic carbocycles. The average molecular weight is 335 g/mol. The quantitative estimate of drug-likeness (QED) is 0.762. The van der Waals surface area contributed by atoms with E-state index in [9.17, 15) is 9.59 Å². The summed E-state index contributed by atoms with van der Waals surface area (Å²) in [6.45, 7) is 6.17. The Morgan fingerprint density at radius 1 is 1.25 bits per heavy atom. The normalized spacial score (nSPS) is 10.7. The Bertz CT molecular complexity index is 734. The van der Waals surface area contributed by atoms with Gasteiger partial charge in [-0.2, -0.15) is 0 Å². The zero-order valence-electron chi connectivity index (χ0n) is 14.3. The highest BCUT2D eigenvalue weighted by Crippen LogP contribution is 2.21. The van der Waals surface area contributed by atoms with Crippen molar-refractivity contribution in [2.45, 2.75) is 46.8 Å². The van der Waals surface area contributed by atoms with Crippen molar-refractivity contribution in [3.05, 3.63) is 28.3 Å². The van der Waals surface area contributed by atoms with Crippen LogP contribution < -0.4 is 0 Å². The van der Waals surface area contributed by atoms with E-state index in [1.54, 1.807) is 11.6 Å². The summed E-state index contributed by atoms with van der Waals surface area (Å²) in [5.41, 5.74) is 1.77. The third kappa shape index (κ3) is 3.44. The van der Waals surface area contributed by atoms with E-state index >= 15 is 0 Å². The van der Waals surface area contributed by atoms with Gasteiger partial charge in [-0.25, -0.2) is 14.3 Å². The average Bonchev–Trinajstić information content (AvgIpc) is 3.16. The molecule has 0 atom stereocenters. The molecule has 0 aliphatic heterocycles. The first-order valence-corrected chi connectivity index (χ1v) is 7.75. The Morgan fingerprint density at radius 3 is 2.62 bits per heavy atom. The molecule has 2 heterocycles. The van der Waals surface area contributed by atoms with E-state index in [2.05, 4.69) is 20.5 Å². The number of carbonyl (C=O) groups is 2. The molecular formula is C15H21N5O4. The SMILES string of the molecule is CCCn1nnnc1COC(=O)c1[nH]c(CC)c(C(=O)OC)c1C. The molecular weight excluding hydrogens is 314 g/mol. The van der Waals surface area contributed by atoms with Gasteiger partial charge in [-0.1, -0.05) is 13.8 Å². The van der Waals surface area contributed by atoms with Crippen LogP contribution in [0.4, 0.5) is 0 Å². The predicted octanol–water partition coefficient (Wildman–Crippen LogP) is 1.43. The number of carbonyl (C=O) groups excluding carboxylic acids is 2. The standard InChI is InChI=1S/C15H21N5O4/c1-5-7-20-11(17-18-19-20)8-24-15(22)13-9(3)12(14(21)23-4)10(6-2)16-13/h16H,5-8H2,1-4H3. The minimum absolute atomic E-state index is 0.0424. The molecule has 0 aromatic carbocycles. The van der Waals surface area contributed by atoms with Gasteiger partial charge in [-0.05, 0) is 35.8 Å². The highest BCUT2D eigenvalue weighted by Gasteiger charge is 2.24. The number of ether oxygens (including phenoxy) is 2. The number of hydrogen-bond donors (Lipinski definition) is 1. The van der Waals surface area contributed by atoms with Crippen LogP contribution in [0.1, 0.15) is 58.2 Å². The number of H-pyrrole nitrogens is 1. The van der Waals surface area contributed by atoms with Gasteiger partial charge in [0.2, 0.25) is 0 Å². The maximum atomic E-state index is 12.3. The Balaban J connectivity index is 2.16. The fourth-order valence-electron chi connectivity index (χ4n) is 2.42. The lowest BCUT2D eigenvalue weighted by atomic mass is 10.1. The van der Waals surface area contributed by atoms with Gasteiger partial charge in [-0.3, -0.25) is 0 Å². The highest BCUT2D eigenvalue weighted by molar-refractivity contribution is 5.98. The number of aryl methyl sites for hydroxylation is 2. The first-order valence-electron chi connectivity index (χ1n) is 7.75. The second kappa shape index (κ2) is 7.71. The number of nitrogens with one attached hydrogen (secondary N) is 1. The van der Waals surface area contributed by atoms with E-state index in [4.69, 9.17) is 9.47 Å². The highest BCUT2D eigenvalue weighted by atomic mass is 16.5. The number of aromatic amines is 1. The molecule has 0 saturated heterocycles. The molecule has 9 nitrogen and oxygen atoms in total. The fraction of sp³-hybridized carbons (Fsp3) is 0.533. The van der Waals surface area contributed by atoms with Crippen molar-refractivity contribution in [3.8, 4) is 0 Å². The van der Waals surface area contributed by atoms with Crippen molar-refractivity contribution >= 4 is 11.9 Å². The van der Waals surface area contributed by atoms with Crippen molar-refractivity contribution in [1.82, 2.24) is 25.2 Å². The number of nitrogens with zero attached hydrogens (tertiary/aromatic N) is 4. The van der Waals surface area contributed by atoms with Crippen molar-refractivity contribution in [3.63, 3.8) is 0 Å². The molecule has 0 unspecified atom stereocenters. The second-order valence-corrected chi connectivity index (χ2v) is 5.22. The number of methoxy groups -OCH3 is 1. The molecule has 9 heteroatoms. The van der Waals surface area contributed by atoms with Crippen LogP contribution in [0.5, 0.6) is 0 Å². The Labute approximate surface area is 139 Å². The molecule has 0 aliphatic rings. The lowest BCUT2D eigenvalue weighted by Crippen LogP contribution is -2.12. The summed E-state index contributed by atoms with van der Waals surface area (Å²) >= 11 is 0. The lowest BCUT2D eigenvalue weighted by molar-refractivity contribution is 0.0449. The molecule has 0 fully saturated rings. The molecule has 2 rings (SSSR count). The number of esters is 2. The minimum Gasteiger partial charge on any atom is -0.465 e. The van der Waals surface area contributed by atoms with Crippen molar-refractivity contribution in [2.75, 3.05) is 7.11 Å². The predicted molar refractivity (Wildman–Crippen MR) is 83.5 cm³/mol. The molecule has 0 bridgehead atoms. The smallest absolute Gasteiger partial charge is 0.355 e. The van der Waals surface area contributed by atoms with Gasteiger partial charge < -0.3 is 14.5 Å². The van der Waals surface area contributed by atoms with E-state index < -0.39 is 11.9 Å². The zero-order chi connectivity index (χ0) is 17.7. The van der Waals surface area contributed by atoms with Crippen LogP contribution in [0, 0.1) is 6.92 Å². The molecule has 0 saturated carbocycles. The number of aromatic nitrogens is 5. The van der Waals surface area contributed by atoms with Gasteiger partial charge in [0.1, 0.15) is 5.69 Å². The zero-order valence-corrected chi connectivity index (χ0v) is 14.3. The molecule has 2 aromatic heterocycles. The van der Waals surface area contributed by atoms with Crippen LogP contribution in [0.3, 0.4) is 0 Å². The monoisotopic (exact) mass is 335 g/mol. The third-order valence-electron chi connectivity index (χ3n) is 3.65. The van der Waals surface area contributed by atoms with Gasteiger partial charge >= 0.3 is 11.9 Å². The molecule has 24 heavy (non-hydrogen) atoms. The van der Waals surface area contributed by atoms with Gasteiger partial charge in [-0.15, -0.1) is 5.10 Å². The fourth-order valence-corrected chi connectivity index (χ4v) is 2.42. The summed E-state index contributed by atoms with van der Waals surface area (Å²) < 4.78 is 11.6.